The maximum atomic E-state index is 12.8. The summed E-state index contributed by atoms with van der Waals surface area (Å²) < 4.78 is 76.5. The standard InChI is InChI=1S/C13H4BrF6N3O/c14-8-2-7(12(15,16)17)1-6(3-21)11(8)23-5-9(13(18,19)20)22-4-10(23)24/h1-2,4-5H. The summed E-state index contributed by atoms with van der Waals surface area (Å²) in [6.07, 6.45) is -8.96. The van der Waals surface area contributed by atoms with Crippen molar-refractivity contribution in [1.29, 1.82) is 5.26 Å². The van der Waals surface area contributed by atoms with Gasteiger partial charge in [0.2, 0.25) is 0 Å². The average molecular weight is 412 g/mol. The molecule has 0 radical (unpaired) electrons. The van der Waals surface area contributed by atoms with Crippen molar-refractivity contribution in [2.75, 3.05) is 0 Å². The molecule has 1 aromatic heterocycles. The minimum atomic E-state index is -4.87. The summed E-state index contributed by atoms with van der Waals surface area (Å²) in [6, 6.07) is 2.45. The molecule has 0 saturated carbocycles. The van der Waals surface area contributed by atoms with Crippen molar-refractivity contribution in [3.8, 4) is 11.8 Å². The quantitative estimate of drug-likeness (QED) is 0.668. The van der Waals surface area contributed by atoms with Crippen molar-refractivity contribution < 1.29 is 26.3 Å². The van der Waals surface area contributed by atoms with Gasteiger partial charge < -0.3 is 0 Å². The fraction of sp³-hybridized carbons (Fsp3) is 0.154. The molecule has 0 aliphatic heterocycles. The van der Waals surface area contributed by atoms with Gasteiger partial charge in [-0.3, -0.25) is 9.36 Å². The van der Waals surface area contributed by atoms with Crippen molar-refractivity contribution in [3.63, 3.8) is 0 Å². The Morgan fingerprint density at radius 3 is 2.25 bits per heavy atom. The van der Waals surface area contributed by atoms with Gasteiger partial charge >= 0.3 is 12.4 Å². The number of hydrogen-bond donors (Lipinski definition) is 0. The summed E-state index contributed by atoms with van der Waals surface area (Å²) in [6.45, 7) is 0. The molecule has 4 nitrogen and oxygen atoms in total. The number of hydrogen-bond acceptors (Lipinski definition) is 3. The molecule has 2 aromatic rings. The highest BCUT2D eigenvalue weighted by atomic mass is 79.9. The third-order valence-corrected chi connectivity index (χ3v) is 3.45. The van der Waals surface area contributed by atoms with Gasteiger partial charge in [0.1, 0.15) is 6.07 Å². The lowest BCUT2D eigenvalue weighted by atomic mass is 10.1. The van der Waals surface area contributed by atoms with Gasteiger partial charge in [-0.2, -0.15) is 31.6 Å². The van der Waals surface area contributed by atoms with Crippen LogP contribution in [0.25, 0.3) is 5.69 Å². The lowest BCUT2D eigenvalue weighted by Crippen LogP contribution is -2.23. The fourth-order valence-corrected chi connectivity index (χ4v) is 2.47. The monoisotopic (exact) mass is 411 g/mol. The van der Waals surface area contributed by atoms with E-state index in [1.165, 1.54) is 6.07 Å². The first-order chi connectivity index (χ1) is 10.9. The topological polar surface area (TPSA) is 58.7 Å². The number of rotatable bonds is 1. The smallest absolute Gasteiger partial charge is 0.278 e. The number of nitriles is 1. The molecule has 0 aliphatic carbocycles. The molecule has 0 atom stereocenters. The minimum absolute atomic E-state index is 0.316. The summed E-state index contributed by atoms with van der Waals surface area (Å²) in [5.74, 6) is 0. The maximum absolute atomic E-state index is 12.8. The highest BCUT2D eigenvalue weighted by molar-refractivity contribution is 9.10. The number of aromatic nitrogens is 2. The van der Waals surface area contributed by atoms with Crippen molar-refractivity contribution >= 4 is 15.9 Å². The van der Waals surface area contributed by atoms with Crippen LogP contribution in [0, 0.1) is 11.3 Å². The molecule has 126 valence electrons. The van der Waals surface area contributed by atoms with Gasteiger partial charge in [-0.15, -0.1) is 0 Å². The molecule has 0 saturated heterocycles. The normalized spacial score (nSPS) is 12.1. The average Bonchev–Trinajstić information content (AvgIpc) is 2.45. The Labute approximate surface area is 138 Å². The number of halogens is 7. The first-order valence-corrected chi connectivity index (χ1v) is 6.71. The zero-order valence-electron chi connectivity index (χ0n) is 11.2. The van der Waals surface area contributed by atoms with Crippen LogP contribution < -0.4 is 5.56 Å². The van der Waals surface area contributed by atoms with E-state index in [9.17, 15) is 31.1 Å². The van der Waals surface area contributed by atoms with Gasteiger partial charge in [-0.05, 0) is 28.1 Å². The molecule has 0 amide bonds. The predicted octanol–water partition coefficient (Wildman–Crippen LogP) is 3.90. The SMILES string of the molecule is N#Cc1cc(C(F)(F)F)cc(Br)c1-n1cc(C(F)(F)F)ncc1=O. The summed E-state index contributed by atoms with van der Waals surface area (Å²) in [5, 5.41) is 9.02. The molecule has 0 bridgehead atoms. The lowest BCUT2D eigenvalue weighted by Gasteiger charge is -2.15. The first-order valence-electron chi connectivity index (χ1n) is 5.92. The Bertz CT molecular complexity index is 895. The summed E-state index contributed by atoms with van der Waals surface area (Å²) in [5.41, 5.74) is -4.73. The summed E-state index contributed by atoms with van der Waals surface area (Å²) >= 11 is 2.76. The molecule has 2 rings (SSSR count). The fourth-order valence-electron chi connectivity index (χ4n) is 1.82. The van der Waals surface area contributed by atoms with Crippen molar-refractivity contribution in [1.82, 2.24) is 9.55 Å². The predicted molar refractivity (Wildman–Crippen MR) is 72.3 cm³/mol. The van der Waals surface area contributed by atoms with E-state index >= 15 is 0 Å². The van der Waals surface area contributed by atoms with E-state index < -0.39 is 40.4 Å². The molecule has 0 N–H and O–H groups in total. The van der Waals surface area contributed by atoms with Gasteiger partial charge in [-0.1, -0.05) is 0 Å². The Balaban J connectivity index is 2.79. The molecule has 11 heteroatoms. The van der Waals surface area contributed by atoms with E-state index in [4.69, 9.17) is 5.26 Å². The van der Waals surface area contributed by atoms with E-state index in [1.807, 2.05) is 0 Å². The van der Waals surface area contributed by atoms with Crippen LogP contribution in [-0.4, -0.2) is 9.55 Å². The minimum Gasteiger partial charge on any atom is -0.278 e. The molecular weight excluding hydrogens is 408 g/mol. The molecule has 0 aliphatic rings. The summed E-state index contributed by atoms with van der Waals surface area (Å²) in [4.78, 5) is 14.7. The van der Waals surface area contributed by atoms with Crippen LogP contribution in [-0.2, 0) is 12.4 Å². The molecular formula is C13H4BrF6N3O. The van der Waals surface area contributed by atoms with Crippen molar-refractivity contribution in [3.05, 3.63) is 56.2 Å². The Morgan fingerprint density at radius 1 is 1.12 bits per heavy atom. The van der Waals surface area contributed by atoms with Crippen molar-refractivity contribution in [2.45, 2.75) is 12.4 Å². The van der Waals surface area contributed by atoms with Crippen LogP contribution in [0.4, 0.5) is 26.3 Å². The van der Waals surface area contributed by atoms with Crippen LogP contribution in [0.15, 0.2) is 33.8 Å². The molecule has 1 heterocycles. The van der Waals surface area contributed by atoms with E-state index in [-0.39, 0.29) is 4.47 Å². The second-order valence-electron chi connectivity index (χ2n) is 4.44. The zero-order valence-corrected chi connectivity index (χ0v) is 12.8. The number of benzene rings is 1. The highest BCUT2D eigenvalue weighted by Gasteiger charge is 2.35. The van der Waals surface area contributed by atoms with E-state index in [1.54, 1.807) is 0 Å². The van der Waals surface area contributed by atoms with Crippen LogP contribution in [0.3, 0.4) is 0 Å². The molecule has 0 fully saturated rings. The van der Waals surface area contributed by atoms with Crippen LogP contribution >= 0.6 is 15.9 Å². The Morgan fingerprint density at radius 2 is 1.75 bits per heavy atom. The van der Waals surface area contributed by atoms with Gasteiger partial charge in [0.25, 0.3) is 5.56 Å². The molecule has 1 aromatic carbocycles. The molecule has 0 spiro atoms. The Hall–Kier alpha value is -2.35. The van der Waals surface area contributed by atoms with Crippen LogP contribution in [0.2, 0.25) is 0 Å². The molecule has 24 heavy (non-hydrogen) atoms. The van der Waals surface area contributed by atoms with Crippen LogP contribution in [0.5, 0.6) is 0 Å². The third kappa shape index (κ3) is 3.43. The molecule has 0 unspecified atom stereocenters. The highest BCUT2D eigenvalue weighted by Crippen LogP contribution is 2.35. The van der Waals surface area contributed by atoms with Crippen molar-refractivity contribution in [2.24, 2.45) is 0 Å². The van der Waals surface area contributed by atoms with E-state index in [0.717, 1.165) is 0 Å². The number of alkyl halides is 6. The van der Waals surface area contributed by atoms with Gasteiger partial charge in [-0.25, -0.2) is 4.98 Å². The zero-order chi connectivity index (χ0) is 18.3. The van der Waals surface area contributed by atoms with Gasteiger partial charge in [0.15, 0.2) is 5.69 Å². The number of nitrogens with zero attached hydrogens (tertiary/aromatic N) is 3. The summed E-state index contributed by atoms with van der Waals surface area (Å²) in [7, 11) is 0. The largest absolute Gasteiger partial charge is 0.434 e. The second-order valence-corrected chi connectivity index (χ2v) is 5.30. The third-order valence-electron chi connectivity index (χ3n) is 2.85. The second kappa shape index (κ2) is 5.94. The van der Waals surface area contributed by atoms with E-state index in [2.05, 4.69) is 20.9 Å². The van der Waals surface area contributed by atoms with Crippen LogP contribution in [0.1, 0.15) is 16.8 Å². The Kier molecular flexibility index (Phi) is 4.45. The van der Waals surface area contributed by atoms with Gasteiger partial charge in [0.05, 0.1) is 23.0 Å². The van der Waals surface area contributed by atoms with E-state index in [0.29, 0.717) is 29.1 Å². The maximum Gasteiger partial charge on any atom is 0.434 e. The first kappa shape index (κ1) is 18.0. The lowest BCUT2D eigenvalue weighted by molar-refractivity contribution is -0.141. The van der Waals surface area contributed by atoms with Gasteiger partial charge in [0, 0.05) is 10.7 Å².